The van der Waals surface area contributed by atoms with E-state index in [1.807, 2.05) is 41.3 Å². The van der Waals surface area contributed by atoms with E-state index in [1.165, 1.54) is 16.7 Å². The topological polar surface area (TPSA) is 58.1 Å². The minimum absolute atomic E-state index is 0.106. The van der Waals surface area contributed by atoms with Crippen LogP contribution < -0.4 is 10.2 Å². The molecule has 0 saturated heterocycles. The van der Waals surface area contributed by atoms with Crippen LogP contribution >= 0.6 is 0 Å². The molecule has 2 aromatic carbocycles. The summed E-state index contributed by atoms with van der Waals surface area (Å²) in [4.78, 5) is 14.8. The number of benzene rings is 2. The highest BCUT2D eigenvalue weighted by Crippen LogP contribution is 2.32. The van der Waals surface area contributed by atoms with Gasteiger partial charge in [0.15, 0.2) is 5.69 Å². The molecule has 1 atom stereocenters. The first kappa shape index (κ1) is 17.2. The van der Waals surface area contributed by atoms with Gasteiger partial charge in [-0.15, -0.1) is 10.2 Å². The highest BCUT2D eigenvalue weighted by Gasteiger charge is 2.31. The van der Waals surface area contributed by atoms with Crippen molar-refractivity contribution in [1.29, 1.82) is 0 Å². The van der Waals surface area contributed by atoms with E-state index in [4.69, 9.17) is 0 Å². The Morgan fingerprint density at radius 2 is 1.85 bits per heavy atom. The van der Waals surface area contributed by atoms with Crippen molar-refractivity contribution in [2.75, 3.05) is 10.2 Å². The molecule has 1 amide bonds. The summed E-state index contributed by atoms with van der Waals surface area (Å²) in [6.45, 7) is 4.81. The fraction of sp³-hybridized carbons (Fsp3) is 0.227. The molecule has 1 aliphatic rings. The normalized spacial score (nSPS) is 15.5. The molecule has 3 aromatic rings. The van der Waals surface area contributed by atoms with Crippen LogP contribution in [0, 0.1) is 6.92 Å². The van der Waals surface area contributed by atoms with Crippen LogP contribution in [0.1, 0.15) is 34.1 Å². The van der Waals surface area contributed by atoms with E-state index >= 15 is 0 Å². The second-order valence-electron chi connectivity index (χ2n) is 6.94. The second-order valence-corrected chi connectivity index (χ2v) is 6.94. The number of amides is 1. The molecule has 0 bridgehead atoms. The summed E-state index contributed by atoms with van der Waals surface area (Å²) in [5.41, 5.74) is 4.97. The predicted octanol–water partition coefficient (Wildman–Crippen LogP) is 3.99. The maximum Gasteiger partial charge on any atom is 0.279 e. The van der Waals surface area contributed by atoms with Gasteiger partial charge in [0.2, 0.25) is 0 Å². The van der Waals surface area contributed by atoms with Crippen LogP contribution in [0.25, 0.3) is 0 Å². The van der Waals surface area contributed by atoms with Gasteiger partial charge >= 0.3 is 0 Å². The average Bonchev–Trinajstić information content (AvgIpc) is 3.03. The highest BCUT2D eigenvalue weighted by atomic mass is 16.2. The first-order valence-electron chi connectivity index (χ1n) is 9.17. The van der Waals surface area contributed by atoms with Crippen molar-refractivity contribution in [2.45, 2.75) is 32.9 Å². The number of hydrogen-bond acceptors (Lipinski definition) is 4. The third-order valence-electron chi connectivity index (χ3n) is 5.03. The summed E-state index contributed by atoms with van der Waals surface area (Å²) >= 11 is 0. The van der Waals surface area contributed by atoms with Crippen molar-refractivity contribution in [3.05, 3.63) is 83.0 Å². The monoisotopic (exact) mass is 358 g/mol. The van der Waals surface area contributed by atoms with Gasteiger partial charge in [-0.05, 0) is 55.2 Å². The Balaban J connectivity index is 1.48. The molecule has 1 aromatic heterocycles. The Morgan fingerprint density at radius 3 is 2.63 bits per heavy atom. The van der Waals surface area contributed by atoms with E-state index < -0.39 is 0 Å². The van der Waals surface area contributed by atoms with Crippen molar-refractivity contribution in [2.24, 2.45) is 0 Å². The summed E-state index contributed by atoms with van der Waals surface area (Å²) < 4.78 is 0. The van der Waals surface area contributed by atoms with Crippen LogP contribution in [0.15, 0.2) is 60.7 Å². The minimum Gasteiger partial charge on any atom is -0.364 e. The predicted molar refractivity (Wildman–Crippen MR) is 107 cm³/mol. The van der Waals surface area contributed by atoms with E-state index in [0.717, 1.165) is 12.1 Å². The highest BCUT2D eigenvalue weighted by molar-refractivity contribution is 6.06. The van der Waals surface area contributed by atoms with E-state index in [0.29, 0.717) is 18.1 Å². The molecule has 5 heteroatoms. The Kier molecular flexibility index (Phi) is 4.59. The van der Waals surface area contributed by atoms with E-state index in [9.17, 15) is 4.79 Å². The quantitative estimate of drug-likeness (QED) is 0.766. The Morgan fingerprint density at radius 1 is 1.07 bits per heavy atom. The van der Waals surface area contributed by atoms with Crippen LogP contribution in [0.4, 0.5) is 11.5 Å². The van der Waals surface area contributed by atoms with Gasteiger partial charge in [-0.1, -0.05) is 42.5 Å². The van der Waals surface area contributed by atoms with Gasteiger partial charge < -0.3 is 10.2 Å². The number of aryl methyl sites for hydroxylation is 1. The number of aromatic nitrogens is 2. The van der Waals surface area contributed by atoms with Crippen LogP contribution in [0.3, 0.4) is 0 Å². The molecule has 5 nitrogen and oxygen atoms in total. The van der Waals surface area contributed by atoms with Gasteiger partial charge in [-0.25, -0.2) is 0 Å². The molecule has 136 valence electrons. The molecule has 4 rings (SSSR count). The zero-order valence-electron chi connectivity index (χ0n) is 15.5. The average molecular weight is 358 g/mol. The molecular formula is C22H22N4O. The molecule has 0 spiro atoms. The third kappa shape index (κ3) is 3.40. The van der Waals surface area contributed by atoms with Crippen molar-refractivity contribution in [3.8, 4) is 0 Å². The number of hydrogen-bond donors (Lipinski definition) is 1. The molecule has 27 heavy (non-hydrogen) atoms. The number of nitrogens with zero attached hydrogens (tertiary/aromatic N) is 3. The molecule has 0 radical (unpaired) electrons. The molecule has 2 heterocycles. The van der Waals surface area contributed by atoms with Gasteiger partial charge in [-0.2, -0.15) is 0 Å². The summed E-state index contributed by atoms with van der Waals surface area (Å²) in [5, 5.41) is 11.6. The largest absolute Gasteiger partial charge is 0.364 e. The number of rotatable bonds is 4. The van der Waals surface area contributed by atoms with Gasteiger partial charge in [-0.3, -0.25) is 4.79 Å². The van der Waals surface area contributed by atoms with Gasteiger partial charge in [0.05, 0.1) is 0 Å². The molecule has 0 aliphatic carbocycles. The minimum atomic E-state index is -0.106. The number of anilines is 2. The smallest absolute Gasteiger partial charge is 0.279 e. The molecule has 0 fully saturated rings. The molecule has 1 N–H and O–H groups in total. The molecular weight excluding hydrogens is 336 g/mol. The van der Waals surface area contributed by atoms with Crippen molar-refractivity contribution >= 4 is 17.4 Å². The lowest BCUT2D eigenvalue weighted by molar-refractivity contribution is 0.0975. The lowest BCUT2D eigenvalue weighted by Crippen LogP contribution is -2.36. The summed E-state index contributed by atoms with van der Waals surface area (Å²) in [7, 11) is 0. The zero-order valence-corrected chi connectivity index (χ0v) is 15.5. The Hall–Kier alpha value is -3.21. The van der Waals surface area contributed by atoms with Crippen molar-refractivity contribution in [3.63, 3.8) is 0 Å². The van der Waals surface area contributed by atoms with Crippen LogP contribution in [0.2, 0.25) is 0 Å². The van der Waals surface area contributed by atoms with Gasteiger partial charge in [0.1, 0.15) is 5.82 Å². The fourth-order valence-corrected chi connectivity index (χ4v) is 3.53. The fourth-order valence-electron chi connectivity index (χ4n) is 3.53. The molecule has 0 saturated carbocycles. The first-order valence-corrected chi connectivity index (χ1v) is 9.17. The maximum atomic E-state index is 13.0. The maximum absolute atomic E-state index is 13.0. The number of carbonyl (C=O) groups excluding carboxylic acids is 1. The third-order valence-corrected chi connectivity index (χ3v) is 5.03. The first-order chi connectivity index (χ1) is 13.1. The number of fused-ring (bicyclic) bond motifs is 1. The standard InChI is InChI=1S/C22H22N4O/c1-15-7-3-4-9-18(15)14-23-21-12-11-19(24-25-21)22(27)26-16(2)13-17-8-5-6-10-20(17)26/h3-12,16H,13-14H2,1-2H3,(H,23,25). The van der Waals surface area contributed by atoms with Crippen LogP contribution in [-0.2, 0) is 13.0 Å². The van der Waals surface area contributed by atoms with E-state index in [2.05, 4.69) is 47.6 Å². The van der Waals surface area contributed by atoms with Crippen LogP contribution in [0.5, 0.6) is 0 Å². The van der Waals surface area contributed by atoms with Crippen molar-refractivity contribution in [1.82, 2.24) is 10.2 Å². The van der Waals surface area contributed by atoms with Gasteiger partial charge in [0.25, 0.3) is 5.91 Å². The van der Waals surface area contributed by atoms with Crippen molar-refractivity contribution < 1.29 is 4.79 Å². The molecule has 1 aliphatic heterocycles. The number of para-hydroxylation sites is 1. The van der Waals surface area contributed by atoms with Gasteiger partial charge in [0, 0.05) is 18.3 Å². The molecule has 1 unspecified atom stereocenters. The number of nitrogens with one attached hydrogen (secondary N) is 1. The second kappa shape index (κ2) is 7.19. The summed E-state index contributed by atoms with van der Waals surface area (Å²) in [5.74, 6) is 0.551. The van der Waals surface area contributed by atoms with Crippen LogP contribution in [-0.4, -0.2) is 22.1 Å². The Labute approximate surface area is 159 Å². The SMILES string of the molecule is Cc1ccccc1CNc1ccc(C(=O)N2c3ccccc3CC2C)nn1. The number of carbonyl (C=O) groups is 1. The van der Waals surface area contributed by atoms with E-state index in [-0.39, 0.29) is 11.9 Å². The van der Waals surface area contributed by atoms with E-state index in [1.54, 1.807) is 6.07 Å². The summed E-state index contributed by atoms with van der Waals surface area (Å²) in [6, 6.07) is 19.9. The Bertz CT molecular complexity index is 968. The lowest BCUT2D eigenvalue weighted by Gasteiger charge is -2.22. The zero-order chi connectivity index (χ0) is 18.8. The lowest BCUT2D eigenvalue weighted by atomic mass is 10.1. The summed E-state index contributed by atoms with van der Waals surface area (Å²) in [6.07, 6.45) is 0.866.